The fourth-order valence-corrected chi connectivity index (χ4v) is 1.40. The van der Waals surface area contributed by atoms with Gasteiger partial charge >= 0.3 is 0 Å². The van der Waals surface area contributed by atoms with Gasteiger partial charge in [-0.25, -0.2) is 0 Å². The van der Waals surface area contributed by atoms with Crippen molar-refractivity contribution in [2.45, 2.75) is 13.8 Å². The molecule has 0 unspecified atom stereocenters. The molecule has 1 aliphatic rings. The van der Waals surface area contributed by atoms with Crippen molar-refractivity contribution in [3.05, 3.63) is 30.1 Å². The van der Waals surface area contributed by atoms with E-state index in [1.807, 2.05) is 18.3 Å². The van der Waals surface area contributed by atoms with E-state index in [1.165, 1.54) is 0 Å². The fourth-order valence-electron chi connectivity index (χ4n) is 1.40. The van der Waals surface area contributed by atoms with E-state index in [0.717, 1.165) is 11.3 Å². The van der Waals surface area contributed by atoms with Gasteiger partial charge in [-0.2, -0.15) is 0 Å². The highest BCUT2D eigenvalue weighted by atomic mass is 16.6. The van der Waals surface area contributed by atoms with Crippen molar-refractivity contribution in [1.29, 1.82) is 0 Å². The molecule has 1 aromatic heterocycles. The SMILES string of the molecule is CC1(C)CON=C1c1cccnc1. The Morgan fingerprint density at radius 2 is 2.31 bits per heavy atom. The Balaban J connectivity index is 2.38. The van der Waals surface area contributed by atoms with E-state index in [2.05, 4.69) is 24.0 Å². The molecule has 0 atom stereocenters. The summed E-state index contributed by atoms with van der Waals surface area (Å²) in [6.07, 6.45) is 3.57. The number of rotatable bonds is 1. The predicted octanol–water partition coefficient (Wildman–Crippen LogP) is 1.84. The van der Waals surface area contributed by atoms with E-state index in [-0.39, 0.29) is 5.41 Å². The van der Waals surface area contributed by atoms with Crippen LogP contribution in [0.3, 0.4) is 0 Å². The van der Waals surface area contributed by atoms with Gasteiger partial charge < -0.3 is 4.84 Å². The highest BCUT2D eigenvalue weighted by Gasteiger charge is 2.32. The first-order chi connectivity index (χ1) is 6.20. The summed E-state index contributed by atoms with van der Waals surface area (Å²) in [6, 6.07) is 3.91. The Morgan fingerprint density at radius 1 is 1.46 bits per heavy atom. The first kappa shape index (κ1) is 8.23. The van der Waals surface area contributed by atoms with Gasteiger partial charge in [-0.15, -0.1) is 0 Å². The normalized spacial score (nSPS) is 19.4. The van der Waals surface area contributed by atoms with Gasteiger partial charge in [-0.1, -0.05) is 19.0 Å². The third-order valence-electron chi connectivity index (χ3n) is 2.16. The van der Waals surface area contributed by atoms with Crippen LogP contribution in [-0.4, -0.2) is 17.3 Å². The van der Waals surface area contributed by atoms with E-state index in [0.29, 0.717) is 6.61 Å². The first-order valence-electron chi connectivity index (χ1n) is 4.31. The number of hydrogen-bond acceptors (Lipinski definition) is 3. The molecular weight excluding hydrogens is 164 g/mol. The van der Waals surface area contributed by atoms with Crippen LogP contribution in [0.5, 0.6) is 0 Å². The van der Waals surface area contributed by atoms with Gasteiger partial charge in [0, 0.05) is 23.4 Å². The molecule has 0 saturated carbocycles. The summed E-state index contributed by atoms with van der Waals surface area (Å²) in [5, 5.41) is 4.04. The van der Waals surface area contributed by atoms with Crippen molar-refractivity contribution in [3.63, 3.8) is 0 Å². The second-order valence-corrected chi connectivity index (χ2v) is 3.84. The van der Waals surface area contributed by atoms with Crippen LogP contribution < -0.4 is 0 Å². The van der Waals surface area contributed by atoms with Crippen LogP contribution in [0.4, 0.5) is 0 Å². The van der Waals surface area contributed by atoms with Gasteiger partial charge in [0.2, 0.25) is 0 Å². The maximum atomic E-state index is 5.09. The average molecular weight is 176 g/mol. The molecular formula is C10H12N2O. The lowest BCUT2D eigenvalue weighted by molar-refractivity contribution is 0.133. The molecule has 1 aliphatic heterocycles. The number of oxime groups is 1. The van der Waals surface area contributed by atoms with Crippen LogP contribution >= 0.6 is 0 Å². The zero-order chi connectivity index (χ0) is 9.31. The Kier molecular flexibility index (Phi) is 1.79. The van der Waals surface area contributed by atoms with Gasteiger partial charge in [0.25, 0.3) is 0 Å². The van der Waals surface area contributed by atoms with Crippen molar-refractivity contribution < 1.29 is 4.84 Å². The van der Waals surface area contributed by atoms with Crippen molar-refractivity contribution in [2.75, 3.05) is 6.61 Å². The van der Waals surface area contributed by atoms with Gasteiger partial charge in [0.15, 0.2) is 0 Å². The average Bonchev–Trinajstić information content (AvgIpc) is 2.47. The maximum absolute atomic E-state index is 5.09. The molecule has 2 heterocycles. The molecule has 0 amide bonds. The molecule has 0 aromatic carbocycles. The number of hydrogen-bond donors (Lipinski definition) is 0. The van der Waals surface area contributed by atoms with Crippen LogP contribution in [0.25, 0.3) is 0 Å². The van der Waals surface area contributed by atoms with E-state index < -0.39 is 0 Å². The molecule has 0 bridgehead atoms. The summed E-state index contributed by atoms with van der Waals surface area (Å²) in [6.45, 7) is 4.88. The monoisotopic (exact) mass is 176 g/mol. The maximum Gasteiger partial charge on any atom is 0.127 e. The van der Waals surface area contributed by atoms with E-state index in [4.69, 9.17) is 4.84 Å². The van der Waals surface area contributed by atoms with Crippen LogP contribution in [0.1, 0.15) is 19.4 Å². The van der Waals surface area contributed by atoms with Gasteiger partial charge in [-0.3, -0.25) is 4.98 Å². The molecule has 0 fully saturated rings. The standard InChI is InChI=1S/C10H12N2O/c1-10(2)7-13-12-9(10)8-4-3-5-11-6-8/h3-6H,7H2,1-2H3. The molecule has 1 aromatic rings. The molecule has 0 aliphatic carbocycles. The Hall–Kier alpha value is -1.38. The zero-order valence-electron chi connectivity index (χ0n) is 7.82. The Bertz CT molecular complexity index is 330. The highest BCUT2D eigenvalue weighted by molar-refractivity contribution is 6.04. The lowest BCUT2D eigenvalue weighted by Crippen LogP contribution is -2.24. The van der Waals surface area contributed by atoms with Crippen molar-refractivity contribution in [1.82, 2.24) is 4.98 Å². The second kappa shape index (κ2) is 2.83. The molecule has 0 radical (unpaired) electrons. The fraction of sp³-hybridized carbons (Fsp3) is 0.400. The number of pyridine rings is 1. The Morgan fingerprint density at radius 3 is 2.85 bits per heavy atom. The first-order valence-corrected chi connectivity index (χ1v) is 4.31. The predicted molar refractivity (Wildman–Crippen MR) is 50.5 cm³/mol. The van der Waals surface area contributed by atoms with Crippen LogP contribution in [0, 0.1) is 5.41 Å². The van der Waals surface area contributed by atoms with Crippen LogP contribution in [0.15, 0.2) is 29.7 Å². The van der Waals surface area contributed by atoms with Crippen LogP contribution in [0.2, 0.25) is 0 Å². The van der Waals surface area contributed by atoms with Crippen molar-refractivity contribution >= 4 is 5.71 Å². The third kappa shape index (κ3) is 1.41. The summed E-state index contributed by atoms with van der Waals surface area (Å²) in [5.41, 5.74) is 2.04. The highest BCUT2D eigenvalue weighted by Crippen LogP contribution is 2.27. The zero-order valence-corrected chi connectivity index (χ0v) is 7.82. The summed E-state index contributed by atoms with van der Waals surface area (Å²) < 4.78 is 0. The molecule has 0 saturated heterocycles. The smallest absolute Gasteiger partial charge is 0.127 e. The summed E-state index contributed by atoms with van der Waals surface area (Å²) in [5.74, 6) is 0. The van der Waals surface area contributed by atoms with E-state index in [1.54, 1.807) is 6.20 Å². The van der Waals surface area contributed by atoms with Gasteiger partial charge in [0.1, 0.15) is 6.61 Å². The van der Waals surface area contributed by atoms with Crippen LogP contribution in [-0.2, 0) is 4.84 Å². The summed E-state index contributed by atoms with van der Waals surface area (Å²) in [7, 11) is 0. The molecule has 3 heteroatoms. The summed E-state index contributed by atoms with van der Waals surface area (Å²) in [4.78, 5) is 9.15. The minimum absolute atomic E-state index is 0.00301. The third-order valence-corrected chi connectivity index (χ3v) is 2.16. The molecule has 3 nitrogen and oxygen atoms in total. The molecule has 68 valence electrons. The molecule has 13 heavy (non-hydrogen) atoms. The lowest BCUT2D eigenvalue weighted by Gasteiger charge is -2.16. The van der Waals surface area contributed by atoms with Gasteiger partial charge in [0.05, 0.1) is 5.71 Å². The minimum Gasteiger partial charge on any atom is -0.395 e. The van der Waals surface area contributed by atoms with E-state index in [9.17, 15) is 0 Å². The number of aromatic nitrogens is 1. The summed E-state index contributed by atoms with van der Waals surface area (Å²) >= 11 is 0. The van der Waals surface area contributed by atoms with Gasteiger partial charge in [-0.05, 0) is 12.1 Å². The van der Waals surface area contributed by atoms with E-state index >= 15 is 0 Å². The Labute approximate surface area is 77.4 Å². The molecule has 2 rings (SSSR count). The molecule has 0 spiro atoms. The topological polar surface area (TPSA) is 34.5 Å². The molecule has 0 N–H and O–H groups in total. The van der Waals surface area contributed by atoms with Crippen molar-refractivity contribution in [2.24, 2.45) is 10.6 Å². The quantitative estimate of drug-likeness (QED) is 0.654. The second-order valence-electron chi connectivity index (χ2n) is 3.84. The lowest BCUT2D eigenvalue weighted by atomic mass is 9.86. The number of nitrogens with zero attached hydrogens (tertiary/aromatic N) is 2. The van der Waals surface area contributed by atoms with Crippen molar-refractivity contribution in [3.8, 4) is 0 Å². The largest absolute Gasteiger partial charge is 0.395 e. The minimum atomic E-state index is 0.00301.